The minimum Gasteiger partial charge on any atom is -0.346 e. The molecule has 0 radical (unpaired) electrons. The lowest BCUT2D eigenvalue weighted by Gasteiger charge is -2.29. The van der Waals surface area contributed by atoms with Crippen molar-refractivity contribution in [2.45, 2.75) is 20.3 Å². The third-order valence-electron chi connectivity index (χ3n) is 3.66. The molecule has 25 heavy (non-hydrogen) atoms. The number of para-hydroxylation sites is 2. The number of rotatable bonds is 1. The van der Waals surface area contributed by atoms with Crippen molar-refractivity contribution in [3.8, 4) is 0 Å². The van der Waals surface area contributed by atoms with E-state index in [0.29, 0.717) is 16.9 Å². The minimum absolute atomic E-state index is 0.00101. The van der Waals surface area contributed by atoms with Crippen molar-refractivity contribution in [2.24, 2.45) is 0 Å². The zero-order valence-corrected chi connectivity index (χ0v) is 14.2. The molecule has 1 aliphatic heterocycles. The van der Waals surface area contributed by atoms with Gasteiger partial charge in [-0.15, -0.1) is 0 Å². The van der Waals surface area contributed by atoms with Gasteiger partial charge >= 0.3 is 0 Å². The maximum Gasteiger partial charge on any atom is 0.260 e. The fourth-order valence-corrected chi connectivity index (χ4v) is 2.63. The van der Waals surface area contributed by atoms with E-state index >= 15 is 0 Å². The molecular weight excluding hydrogens is 316 g/mol. The highest BCUT2D eigenvalue weighted by molar-refractivity contribution is 6.15. The van der Waals surface area contributed by atoms with E-state index in [1.54, 1.807) is 18.3 Å². The first-order valence-corrected chi connectivity index (χ1v) is 8.28. The third kappa shape index (κ3) is 3.38. The molecule has 3 heterocycles. The van der Waals surface area contributed by atoms with Crippen LogP contribution in [-0.4, -0.2) is 28.3 Å². The third-order valence-corrected chi connectivity index (χ3v) is 3.66. The molecule has 6 nitrogen and oxygen atoms in total. The fraction of sp³-hybridized carbons (Fsp3) is 0.211. The van der Waals surface area contributed by atoms with Crippen LogP contribution in [0, 0.1) is 0 Å². The summed E-state index contributed by atoms with van der Waals surface area (Å²) in [6.07, 6.45) is 4.55. The van der Waals surface area contributed by atoms with E-state index in [9.17, 15) is 9.59 Å². The van der Waals surface area contributed by atoms with Gasteiger partial charge in [-0.1, -0.05) is 32.4 Å². The molecule has 0 spiro atoms. The summed E-state index contributed by atoms with van der Waals surface area (Å²) >= 11 is 0. The largest absolute Gasteiger partial charge is 0.346 e. The number of hydrogen-bond acceptors (Lipinski definition) is 3. The van der Waals surface area contributed by atoms with E-state index in [-0.39, 0.29) is 18.4 Å². The molecule has 6 heteroatoms. The van der Waals surface area contributed by atoms with E-state index in [0.717, 1.165) is 11.0 Å². The summed E-state index contributed by atoms with van der Waals surface area (Å²) in [5.41, 5.74) is 2.52. The molecule has 128 valence electrons. The number of carbonyl (C=O) groups excluding carboxylic acids is 2. The first-order chi connectivity index (χ1) is 12.1. The summed E-state index contributed by atoms with van der Waals surface area (Å²) < 4.78 is 0. The van der Waals surface area contributed by atoms with Gasteiger partial charge in [-0.25, -0.2) is 4.98 Å². The Balaban J connectivity index is 0.000000569. The molecule has 2 aromatic heterocycles. The number of hydrogen-bond donors (Lipinski definition) is 2. The zero-order valence-electron chi connectivity index (χ0n) is 14.2. The lowest BCUT2D eigenvalue weighted by molar-refractivity contribution is -0.115. The number of aromatic nitrogens is 2. The number of amides is 2. The quantitative estimate of drug-likeness (QED) is 0.713. The van der Waals surface area contributed by atoms with Crippen LogP contribution in [0.1, 0.15) is 30.6 Å². The number of benzene rings is 1. The molecular formula is C19H20N4O2. The van der Waals surface area contributed by atoms with E-state index in [1.807, 2.05) is 24.3 Å². The van der Waals surface area contributed by atoms with Gasteiger partial charge in [0.05, 0.1) is 16.9 Å². The van der Waals surface area contributed by atoms with Crippen molar-refractivity contribution < 1.29 is 9.59 Å². The second-order valence-corrected chi connectivity index (χ2v) is 5.80. The molecule has 0 saturated heterocycles. The van der Waals surface area contributed by atoms with Crippen LogP contribution in [0.4, 0.5) is 11.4 Å². The Morgan fingerprint density at radius 2 is 2.00 bits per heavy atom. The Morgan fingerprint density at radius 3 is 2.80 bits per heavy atom. The van der Waals surface area contributed by atoms with Crippen LogP contribution in [0.5, 0.6) is 0 Å². The van der Waals surface area contributed by atoms with Crippen LogP contribution in [-0.2, 0) is 4.79 Å². The Bertz CT molecular complexity index is 916. The molecule has 2 N–H and O–H groups in total. The average molecular weight is 336 g/mol. The van der Waals surface area contributed by atoms with Gasteiger partial charge in [0.15, 0.2) is 0 Å². The standard InChI is InChI=1S/C16H12N4O2.C3H8/c21-14-9-20(13-4-2-1-3-12(13)19-14)16(22)11-7-10-5-6-17-15(10)18-8-11;1-3-2/h1-8H,9H2,(H,17,18)(H,19,21);3H2,1-2H3. The van der Waals surface area contributed by atoms with Gasteiger partial charge in [-0.2, -0.15) is 0 Å². The maximum atomic E-state index is 12.8. The van der Waals surface area contributed by atoms with E-state index in [4.69, 9.17) is 0 Å². The van der Waals surface area contributed by atoms with Crippen LogP contribution >= 0.6 is 0 Å². The van der Waals surface area contributed by atoms with E-state index < -0.39 is 0 Å². The number of fused-ring (bicyclic) bond motifs is 2. The summed E-state index contributed by atoms with van der Waals surface area (Å²) in [4.78, 5) is 33.3. The predicted octanol–water partition coefficient (Wildman–Crippen LogP) is 3.58. The molecule has 3 aromatic rings. The SMILES string of the molecule is CCC.O=C1CN(C(=O)c2cnc3[nH]ccc3c2)c2ccccc2N1. The number of nitrogens with one attached hydrogen (secondary N) is 2. The lowest BCUT2D eigenvalue weighted by atomic mass is 10.1. The van der Waals surface area contributed by atoms with Gasteiger partial charge in [-0.3, -0.25) is 14.5 Å². The molecule has 2 amide bonds. The lowest BCUT2D eigenvalue weighted by Crippen LogP contribution is -2.42. The Hall–Kier alpha value is -3.15. The Labute approximate surface area is 145 Å². The fourth-order valence-electron chi connectivity index (χ4n) is 2.63. The summed E-state index contributed by atoms with van der Waals surface area (Å²) in [5, 5.41) is 3.63. The van der Waals surface area contributed by atoms with Crippen molar-refractivity contribution in [3.05, 3.63) is 54.4 Å². The topological polar surface area (TPSA) is 78.1 Å². The highest BCUT2D eigenvalue weighted by Gasteiger charge is 2.27. The van der Waals surface area contributed by atoms with Gasteiger partial charge in [0, 0.05) is 17.8 Å². The second-order valence-electron chi connectivity index (χ2n) is 5.80. The molecule has 0 bridgehead atoms. The zero-order chi connectivity index (χ0) is 17.8. The summed E-state index contributed by atoms with van der Waals surface area (Å²) in [5.74, 6) is -0.444. The van der Waals surface area contributed by atoms with Gasteiger partial charge in [0.2, 0.25) is 5.91 Å². The highest BCUT2D eigenvalue weighted by Crippen LogP contribution is 2.30. The summed E-state index contributed by atoms with van der Waals surface area (Å²) in [7, 11) is 0. The maximum absolute atomic E-state index is 12.8. The van der Waals surface area contributed by atoms with E-state index in [1.165, 1.54) is 17.5 Å². The number of anilines is 2. The smallest absolute Gasteiger partial charge is 0.260 e. The number of H-pyrrole nitrogens is 1. The first-order valence-electron chi connectivity index (χ1n) is 8.28. The van der Waals surface area contributed by atoms with Crippen molar-refractivity contribution >= 4 is 34.2 Å². The molecule has 0 fully saturated rings. The van der Waals surface area contributed by atoms with Crippen molar-refractivity contribution in [1.29, 1.82) is 0 Å². The van der Waals surface area contributed by atoms with Crippen LogP contribution in [0.2, 0.25) is 0 Å². The van der Waals surface area contributed by atoms with Crippen LogP contribution in [0.25, 0.3) is 11.0 Å². The van der Waals surface area contributed by atoms with Crippen molar-refractivity contribution in [1.82, 2.24) is 9.97 Å². The summed E-state index contributed by atoms with van der Waals surface area (Å²) in [6, 6.07) is 10.9. The Morgan fingerprint density at radius 1 is 1.24 bits per heavy atom. The predicted molar refractivity (Wildman–Crippen MR) is 98.8 cm³/mol. The van der Waals surface area contributed by atoms with Gasteiger partial charge < -0.3 is 10.3 Å². The first kappa shape index (κ1) is 16.7. The second kappa shape index (κ2) is 7.17. The van der Waals surface area contributed by atoms with Crippen LogP contribution in [0.3, 0.4) is 0 Å². The van der Waals surface area contributed by atoms with Crippen molar-refractivity contribution in [2.75, 3.05) is 16.8 Å². The molecule has 1 aliphatic rings. The van der Waals surface area contributed by atoms with Crippen LogP contribution < -0.4 is 10.2 Å². The summed E-state index contributed by atoms with van der Waals surface area (Å²) in [6.45, 7) is 4.25. The molecule has 4 rings (SSSR count). The molecule has 0 aliphatic carbocycles. The van der Waals surface area contributed by atoms with Crippen LogP contribution in [0.15, 0.2) is 48.8 Å². The number of carbonyl (C=O) groups is 2. The minimum atomic E-state index is -0.238. The van der Waals surface area contributed by atoms with Gasteiger partial charge in [0.25, 0.3) is 5.91 Å². The monoisotopic (exact) mass is 336 g/mol. The molecule has 0 atom stereocenters. The number of pyridine rings is 1. The molecule has 1 aromatic carbocycles. The van der Waals surface area contributed by atoms with E-state index in [2.05, 4.69) is 29.1 Å². The number of aromatic amines is 1. The van der Waals surface area contributed by atoms with Gasteiger partial charge in [-0.05, 0) is 24.3 Å². The average Bonchev–Trinajstić information content (AvgIpc) is 3.08. The normalized spacial score (nSPS) is 12.9. The molecule has 0 unspecified atom stereocenters. The van der Waals surface area contributed by atoms with Gasteiger partial charge in [0.1, 0.15) is 12.2 Å². The Kier molecular flexibility index (Phi) is 4.79. The van der Waals surface area contributed by atoms with Crippen molar-refractivity contribution in [3.63, 3.8) is 0 Å². The number of nitrogens with zero attached hydrogens (tertiary/aromatic N) is 2. The highest BCUT2D eigenvalue weighted by atomic mass is 16.2. The molecule has 0 saturated carbocycles.